The summed E-state index contributed by atoms with van der Waals surface area (Å²) >= 11 is 0. The zero-order valence-electron chi connectivity index (χ0n) is 21.1. The highest BCUT2D eigenvalue weighted by atomic mass is 16.6. The van der Waals surface area contributed by atoms with E-state index in [1.54, 1.807) is 11.1 Å². The first-order valence-corrected chi connectivity index (χ1v) is 12.4. The Morgan fingerprint density at radius 1 is 1.00 bits per heavy atom. The molecule has 4 aromatic rings. The van der Waals surface area contributed by atoms with E-state index < -0.39 is 17.1 Å². The molecule has 7 nitrogen and oxygen atoms in total. The van der Waals surface area contributed by atoms with Gasteiger partial charge in [0.25, 0.3) is 0 Å². The van der Waals surface area contributed by atoms with Gasteiger partial charge in [-0.15, -0.1) is 0 Å². The van der Waals surface area contributed by atoms with Gasteiger partial charge in [0.2, 0.25) is 5.91 Å². The molecule has 2 aliphatic rings. The average Bonchev–Trinajstić information content (AvgIpc) is 3.10. The smallest absolute Gasteiger partial charge is 0.410 e. The second kappa shape index (κ2) is 8.40. The molecule has 7 heteroatoms. The van der Waals surface area contributed by atoms with Gasteiger partial charge in [0.05, 0.1) is 12.2 Å². The van der Waals surface area contributed by atoms with Crippen LogP contribution in [0, 0.1) is 0 Å². The minimum absolute atomic E-state index is 0.0133. The maximum Gasteiger partial charge on any atom is 0.410 e. The highest BCUT2D eigenvalue weighted by Gasteiger charge is 2.59. The molecule has 1 saturated heterocycles. The van der Waals surface area contributed by atoms with Gasteiger partial charge in [-0.05, 0) is 43.9 Å². The molecule has 0 unspecified atom stereocenters. The summed E-state index contributed by atoms with van der Waals surface area (Å²) in [6, 6.07) is 19.9. The van der Waals surface area contributed by atoms with Crippen LogP contribution < -0.4 is 4.90 Å². The third-order valence-electron chi connectivity index (χ3n) is 7.07. The van der Waals surface area contributed by atoms with Crippen LogP contribution in [0.2, 0.25) is 0 Å². The van der Waals surface area contributed by atoms with Gasteiger partial charge in [-0.25, -0.2) is 4.79 Å². The van der Waals surface area contributed by atoms with Gasteiger partial charge in [-0.2, -0.15) is 0 Å². The molecule has 2 aromatic carbocycles. The summed E-state index contributed by atoms with van der Waals surface area (Å²) in [4.78, 5) is 39.3. The highest BCUT2D eigenvalue weighted by molar-refractivity contribution is 6.10. The van der Waals surface area contributed by atoms with Crippen molar-refractivity contribution in [1.29, 1.82) is 0 Å². The van der Waals surface area contributed by atoms with Crippen LogP contribution >= 0.6 is 0 Å². The van der Waals surface area contributed by atoms with Crippen LogP contribution in [0.15, 0.2) is 79.3 Å². The van der Waals surface area contributed by atoms with Gasteiger partial charge in [0, 0.05) is 53.9 Å². The predicted octanol–water partition coefficient (Wildman–Crippen LogP) is 5.33. The molecule has 0 aliphatic carbocycles. The number of hydrogen-bond donors (Lipinski definition) is 0. The number of benzene rings is 2. The molecule has 2 aliphatic heterocycles. The first-order chi connectivity index (χ1) is 17.8. The summed E-state index contributed by atoms with van der Waals surface area (Å²) in [7, 11) is 0. The number of fused-ring (bicyclic) bond motifs is 3. The van der Waals surface area contributed by atoms with Crippen molar-refractivity contribution in [3.63, 3.8) is 0 Å². The maximum atomic E-state index is 14.0. The minimum Gasteiger partial charge on any atom is -0.444 e. The quantitative estimate of drug-likeness (QED) is 0.386. The van der Waals surface area contributed by atoms with Crippen LogP contribution in [0.5, 0.6) is 0 Å². The van der Waals surface area contributed by atoms with E-state index in [2.05, 4.69) is 11.1 Å². The number of anilines is 1. The van der Waals surface area contributed by atoms with E-state index in [9.17, 15) is 9.59 Å². The lowest BCUT2D eigenvalue weighted by Gasteiger charge is -2.46. The first-order valence-electron chi connectivity index (χ1n) is 12.4. The molecule has 1 spiro atoms. The lowest BCUT2D eigenvalue weighted by Crippen LogP contribution is -2.65. The van der Waals surface area contributed by atoms with Crippen molar-refractivity contribution >= 4 is 28.5 Å². The molecule has 6 rings (SSSR count). The molecule has 2 aromatic heterocycles. The summed E-state index contributed by atoms with van der Waals surface area (Å²) in [5.41, 5.74) is 3.19. The van der Waals surface area contributed by atoms with E-state index in [1.807, 2.05) is 92.7 Å². The fraction of sp³-hybridized carbons (Fsp3) is 0.267. The lowest BCUT2D eigenvalue weighted by molar-refractivity contribution is -0.129. The van der Waals surface area contributed by atoms with Crippen LogP contribution in [0.3, 0.4) is 0 Å². The Hall–Kier alpha value is -4.26. The minimum atomic E-state index is -0.765. The number of para-hydroxylation sites is 1. The number of rotatable bonds is 3. The zero-order chi connectivity index (χ0) is 25.8. The van der Waals surface area contributed by atoms with E-state index in [-0.39, 0.29) is 5.91 Å². The number of aromatic nitrogens is 2. The van der Waals surface area contributed by atoms with Gasteiger partial charge >= 0.3 is 6.09 Å². The number of pyridine rings is 2. The summed E-state index contributed by atoms with van der Waals surface area (Å²) in [5.74, 6) is -0.0133. The van der Waals surface area contributed by atoms with Gasteiger partial charge in [-0.3, -0.25) is 14.8 Å². The van der Waals surface area contributed by atoms with Crippen molar-refractivity contribution in [2.24, 2.45) is 0 Å². The average molecular weight is 493 g/mol. The van der Waals surface area contributed by atoms with Crippen LogP contribution in [0.25, 0.3) is 21.9 Å². The molecule has 0 atom stereocenters. The van der Waals surface area contributed by atoms with Gasteiger partial charge in [0.15, 0.2) is 0 Å². The second-order valence-electron chi connectivity index (χ2n) is 10.7. The Balaban J connectivity index is 1.37. The molecular formula is C30H28N4O3. The Bertz CT molecular complexity index is 1520. The normalized spacial score (nSPS) is 16.1. The van der Waals surface area contributed by atoms with Gasteiger partial charge in [0.1, 0.15) is 11.0 Å². The summed E-state index contributed by atoms with van der Waals surface area (Å²) in [6.07, 6.45) is 5.05. The van der Waals surface area contributed by atoms with Gasteiger partial charge < -0.3 is 14.5 Å². The molecule has 0 N–H and O–H groups in total. The summed E-state index contributed by atoms with van der Waals surface area (Å²) < 4.78 is 5.54. The van der Waals surface area contributed by atoms with Crippen molar-refractivity contribution in [2.75, 3.05) is 18.0 Å². The Morgan fingerprint density at radius 2 is 1.76 bits per heavy atom. The van der Waals surface area contributed by atoms with Crippen molar-refractivity contribution in [2.45, 2.75) is 38.3 Å². The largest absolute Gasteiger partial charge is 0.444 e. The van der Waals surface area contributed by atoms with Crippen LogP contribution in [0.1, 0.15) is 32.0 Å². The fourth-order valence-electron chi connectivity index (χ4n) is 5.43. The fourth-order valence-corrected chi connectivity index (χ4v) is 5.43. The van der Waals surface area contributed by atoms with Crippen LogP contribution in [-0.4, -0.2) is 45.6 Å². The number of likely N-dealkylation sites (tertiary alicyclic amines) is 1. The standard InChI is InChI=1S/C30H28N4O3/c1-29(2,3)37-28(36)33-18-30(19-33)23-12-6-7-13-25(23)34(27(30)35)17-24-26(21-10-8-14-31-15-21)22-11-5-4-9-20(22)16-32-24/h4-16H,17-19H2,1-3H3. The molecule has 186 valence electrons. The molecule has 1 fully saturated rings. The number of hydrogen-bond acceptors (Lipinski definition) is 5. The van der Waals surface area contributed by atoms with Crippen molar-refractivity contribution in [3.8, 4) is 11.1 Å². The number of carbonyl (C=O) groups is 2. The monoisotopic (exact) mass is 492 g/mol. The third kappa shape index (κ3) is 3.82. The molecule has 2 amide bonds. The predicted molar refractivity (Wildman–Crippen MR) is 142 cm³/mol. The third-order valence-corrected chi connectivity index (χ3v) is 7.07. The molecule has 0 bridgehead atoms. The summed E-state index contributed by atoms with van der Waals surface area (Å²) in [6.45, 7) is 6.45. The SMILES string of the molecule is CC(C)(C)OC(=O)N1CC2(C1)C(=O)N(Cc1ncc3ccccc3c1-c1cccnc1)c1ccccc12. The molecule has 0 radical (unpaired) electrons. The topological polar surface area (TPSA) is 75.6 Å². The number of nitrogens with zero attached hydrogens (tertiary/aromatic N) is 4. The number of amides is 2. The van der Waals surface area contributed by atoms with E-state index in [0.29, 0.717) is 19.6 Å². The molecule has 37 heavy (non-hydrogen) atoms. The van der Waals surface area contributed by atoms with Crippen molar-refractivity contribution < 1.29 is 14.3 Å². The highest BCUT2D eigenvalue weighted by Crippen LogP contribution is 2.48. The zero-order valence-corrected chi connectivity index (χ0v) is 21.1. The second-order valence-corrected chi connectivity index (χ2v) is 10.7. The van der Waals surface area contributed by atoms with Crippen molar-refractivity contribution in [3.05, 3.63) is 90.5 Å². The maximum absolute atomic E-state index is 14.0. The van der Waals surface area contributed by atoms with E-state index in [0.717, 1.165) is 38.8 Å². The molecule has 0 saturated carbocycles. The van der Waals surface area contributed by atoms with Crippen LogP contribution in [-0.2, 0) is 21.5 Å². The lowest BCUT2D eigenvalue weighted by atomic mass is 9.75. The van der Waals surface area contributed by atoms with E-state index in [4.69, 9.17) is 9.72 Å². The van der Waals surface area contributed by atoms with E-state index >= 15 is 0 Å². The van der Waals surface area contributed by atoms with Crippen molar-refractivity contribution in [1.82, 2.24) is 14.9 Å². The Morgan fingerprint density at radius 3 is 2.51 bits per heavy atom. The number of carbonyl (C=O) groups excluding carboxylic acids is 2. The van der Waals surface area contributed by atoms with E-state index in [1.165, 1.54) is 0 Å². The first kappa shape index (κ1) is 23.2. The number of ether oxygens (including phenoxy) is 1. The molecule has 4 heterocycles. The van der Waals surface area contributed by atoms with Gasteiger partial charge in [-0.1, -0.05) is 48.5 Å². The van der Waals surface area contributed by atoms with Crippen LogP contribution in [0.4, 0.5) is 10.5 Å². The molecular weight excluding hydrogens is 464 g/mol. The Kier molecular flexibility index (Phi) is 5.26. The summed E-state index contributed by atoms with van der Waals surface area (Å²) in [5, 5.41) is 2.09. The Labute approximate surface area is 215 Å².